The van der Waals surface area contributed by atoms with Crippen LogP contribution in [0.1, 0.15) is 37.9 Å². The average molecular weight is 279 g/mol. The minimum Gasteiger partial charge on any atom is -0.497 e. The fraction of sp³-hybridized carbons (Fsp3) is 0.625. The summed E-state index contributed by atoms with van der Waals surface area (Å²) in [4.78, 5) is 0. The van der Waals surface area contributed by atoms with Crippen LogP contribution in [-0.2, 0) is 0 Å². The van der Waals surface area contributed by atoms with Crippen LogP contribution in [0.3, 0.4) is 0 Å². The lowest BCUT2D eigenvalue weighted by Gasteiger charge is -2.16. The van der Waals surface area contributed by atoms with E-state index in [4.69, 9.17) is 9.47 Å². The van der Waals surface area contributed by atoms with E-state index in [-0.39, 0.29) is 0 Å². The Balaban J connectivity index is 1.93. The molecule has 0 radical (unpaired) electrons. The molecule has 3 unspecified atom stereocenters. The lowest BCUT2D eigenvalue weighted by molar-refractivity contribution is 0.169. The van der Waals surface area contributed by atoms with E-state index in [1.165, 1.54) is 19.3 Å². The second-order valence-electron chi connectivity index (χ2n) is 5.42. The zero-order chi connectivity index (χ0) is 14.5. The Morgan fingerprint density at radius 3 is 2.80 bits per heavy atom. The molecular formula is C16H25NO3. The molecule has 4 nitrogen and oxygen atoms in total. The largest absolute Gasteiger partial charge is 0.497 e. The lowest BCUT2D eigenvalue weighted by Crippen LogP contribution is -2.25. The summed E-state index contributed by atoms with van der Waals surface area (Å²) in [6.45, 7) is 2.76. The first-order valence-electron chi connectivity index (χ1n) is 7.33. The molecule has 0 bridgehead atoms. The molecule has 1 aromatic carbocycles. The van der Waals surface area contributed by atoms with Crippen molar-refractivity contribution in [1.29, 1.82) is 0 Å². The molecular weight excluding hydrogens is 254 g/mol. The van der Waals surface area contributed by atoms with Gasteiger partial charge in [0.2, 0.25) is 0 Å². The SMILES string of the molecule is CCCC1CC1NCC(O)c1cc(OC)ccc1OC. The number of aliphatic hydroxyl groups is 1. The number of hydrogen-bond acceptors (Lipinski definition) is 4. The van der Waals surface area contributed by atoms with Crippen molar-refractivity contribution in [3.63, 3.8) is 0 Å². The van der Waals surface area contributed by atoms with E-state index < -0.39 is 6.10 Å². The number of rotatable bonds is 8. The van der Waals surface area contributed by atoms with Gasteiger partial charge in [0.25, 0.3) is 0 Å². The second-order valence-corrected chi connectivity index (χ2v) is 5.42. The van der Waals surface area contributed by atoms with Crippen molar-refractivity contribution in [1.82, 2.24) is 5.32 Å². The Kier molecular flexibility index (Phi) is 5.26. The maximum Gasteiger partial charge on any atom is 0.124 e. The number of aliphatic hydroxyl groups excluding tert-OH is 1. The van der Waals surface area contributed by atoms with Crippen LogP contribution in [-0.4, -0.2) is 31.9 Å². The van der Waals surface area contributed by atoms with Gasteiger partial charge < -0.3 is 19.9 Å². The third-order valence-electron chi connectivity index (χ3n) is 3.95. The molecule has 112 valence electrons. The third-order valence-corrected chi connectivity index (χ3v) is 3.95. The van der Waals surface area contributed by atoms with Crippen molar-refractivity contribution < 1.29 is 14.6 Å². The molecule has 3 atom stereocenters. The summed E-state index contributed by atoms with van der Waals surface area (Å²) in [5, 5.41) is 13.8. The first-order valence-corrected chi connectivity index (χ1v) is 7.33. The Bertz CT molecular complexity index is 436. The zero-order valence-electron chi connectivity index (χ0n) is 12.6. The summed E-state index contributed by atoms with van der Waals surface area (Å²) in [6.07, 6.45) is 3.16. The molecule has 0 heterocycles. The molecule has 0 amide bonds. The number of nitrogens with one attached hydrogen (secondary N) is 1. The highest BCUT2D eigenvalue weighted by molar-refractivity contribution is 5.41. The van der Waals surface area contributed by atoms with Crippen molar-refractivity contribution in [2.75, 3.05) is 20.8 Å². The van der Waals surface area contributed by atoms with Crippen molar-refractivity contribution >= 4 is 0 Å². The molecule has 1 fully saturated rings. The lowest BCUT2D eigenvalue weighted by atomic mass is 10.1. The number of benzene rings is 1. The van der Waals surface area contributed by atoms with Crippen LogP contribution < -0.4 is 14.8 Å². The first kappa shape index (κ1) is 15.1. The van der Waals surface area contributed by atoms with Crippen LogP contribution in [0.2, 0.25) is 0 Å². The minimum absolute atomic E-state index is 0.550. The van der Waals surface area contributed by atoms with Gasteiger partial charge in [-0.15, -0.1) is 0 Å². The van der Waals surface area contributed by atoms with E-state index in [1.54, 1.807) is 14.2 Å². The molecule has 20 heavy (non-hydrogen) atoms. The highest BCUT2D eigenvalue weighted by Crippen LogP contribution is 2.35. The summed E-state index contributed by atoms with van der Waals surface area (Å²) >= 11 is 0. The normalized spacial score (nSPS) is 22.4. The van der Waals surface area contributed by atoms with Crippen LogP contribution in [0.4, 0.5) is 0 Å². The van der Waals surface area contributed by atoms with E-state index in [2.05, 4.69) is 12.2 Å². The van der Waals surface area contributed by atoms with Crippen LogP contribution in [0.25, 0.3) is 0 Å². The Morgan fingerprint density at radius 1 is 1.35 bits per heavy atom. The van der Waals surface area contributed by atoms with Crippen molar-refractivity contribution in [2.24, 2.45) is 5.92 Å². The van der Waals surface area contributed by atoms with Gasteiger partial charge >= 0.3 is 0 Å². The van der Waals surface area contributed by atoms with Crippen molar-refractivity contribution in [3.05, 3.63) is 23.8 Å². The van der Waals surface area contributed by atoms with Gasteiger partial charge in [0.05, 0.1) is 20.3 Å². The first-order chi connectivity index (χ1) is 9.69. The van der Waals surface area contributed by atoms with Crippen LogP contribution >= 0.6 is 0 Å². The predicted octanol–water partition coefficient (Wildman–Crippen LogP) is 2.52. The molecule has 1 aliphatic carbocycles. The average Bonchev–Trinajstić information content (AvgIpc) is 3.22. The topological polar surface area (TPSA) is 50.7 Å². The van der Waals surface area contributed by atoms with Gasteiger partial charge in [-0.1, -0.05) is 13.3 Å². The van der Waals surface area contributed by atoms with Gasteiger partial charge in [0, 0.05) is 18.2 Å². The summed E-state index contributed by atoms with van der Waals surface area (Å²) in [5.74, 6) is 2.22. The van der Waals surface area contributed by atoms with Gasteiger partial charge in [-0.25, -0.2) is 0 Å². The van der Waals surface area contributed by atoms with Crippen LogP contribution in [0.15, 0.2) is 18.2 Å². The highest BCUT2D eigenvalue weighted by atomic mass is 16.5. The van der Waals surface area contributed by atoms with Gasteiger partial charge in [-0.3, -0.25) is 0 Å². The van der Waals surface area contributed by atoms with E-state index in [1.807, 2.05) is 18.2 Å². The van der Waals surface area contributed by atoms with Gasteiger partial charge in [0.15, 0.2) is 0 Å². The van der Waals surface area contributed by atoms with Crippen molar-refractivity contribution in [2.45, 2.75) is 38.3 Å². The molecule has 0 spiro atoms. The third kappa shape index (κ3) is 3.64. The summed E-state index contributed by atoms with van der Waals surface area (Å²) < 4.78 is 10.5. The monoisotopic (exact) mass is 279 g/mol. The molecule has 1 aromatic rings. The number of hydrogen-bond donors (Lipinski definition) is 2. The molecule has 0 aliphatic heterocycles. The quantitative estimate of drug-likeness (QED) is 0.768. The van der Waals surface area contributed by atoms with Gasteiger partial charge in [0.1, 0.15) is 11.5 Å². The molecule has 4 heteroatoms. The fourth-order valence-electron chi connectivity index (χ4n) is 2.66. The number of methoxy groups -OCH3 is 2. The Hall–Kier alpha value is -1.26. The standard InChI is InChI=1S/C16H25NO3/c1-4-5-11-8-14(11)17-10-15(18)13-9-12(19-2)6-7-16(13)20-3/h6-7,9,11,14-15,17-18H,4-5,8,10H2,1-3H3. The summed E-state index contributed by atoms with van der Waals surface area (Å²) in [7, 11) is 3.24. The molecule has 0 saturated heterocycles. The molecule has 1 aliphatic rings. The van der Waals surface area contributed by atoms with Crippen LogP contribution in [0.5, 0.6) is 11.5 Å². The maximum atomic E-state index is 10.3. The maximum absolute atomic E-state index is 10.3. The van der Waals surface area contributed by atoms with Crippen LogP contribution in [0, 0.1) is 5.92 Å². The highest BCUT2D eigenvalue weighted by Gasteiger charge is 2.35. The molecule has 2 N–H and O–H groups in total. The minimum atomic E-state index is -0.581. The molecule has 1 saturated carbocycles. The Morgan fingerprint density at radius 2 is 2.15 bits per heavy atom. The summed E-state index contributed by atoms with van der Waals surface area (Å²) in [5.41, 5.74) is 0.770. The Labute approximate surface area is 121 Å². The van der Waals surface area contributed by atoms with E-state index in [0.717, 1.165) is 17.2 Å². The fourth-order valence-corrected chi connectivity index (χ4v) is 2.66. The zero-order valence-corrected chi connectivity index (χ0v) is 12.6. The van der Waals surface area contributed by atoms with Crippen molar-refractivity contribution in [3.8, 4) is 11.5 Å². The van der Waals surface area contributed by atoms with Gasteiger partial charge in [-0.05, 0) is 37.0 Å². The van der Waals surface area contributed by atoms with E-state index in [9.17, 15) is 5.11 Å². The molecule has 0 aromatic heterocycles. The predicted molar refractivity (Wildman–Crippen MR) is 79.3 cm³/mol. The molecule has 2 rings (SSSR count). The number of ether oxygens (including phenoxy) is 2. The van der Waals surface area contributed by atoms with E-state index in [0.29, 0.717) is 18.3 Å². The van der Waals surface area contributed by atoms with Gasteiger partial charge in [-0.2, -0.15) is 0 Å². The second kappa shape index (κ2) is 6.95. The smallest absolute Gasteiger partial charge is 0.124 e. The van der Waals surface area contributed by atoms with E-state index >= 15 is 0 Å². The summed E-state index contributed by atoms with van der Waals surface area (Å²) in [6, 6.07) is 6.07.